The number of benzene rings is 3. The van der Waals surface area contributed by atoms with Gasteiger partial charge in [-0.25, -0.2) is 8.42 Å². The van der Waals surface area contributed by atoms with Gasteiger partial charge in [-0.2, -0.15) is 5.26 Å². The lowest BCUT2D eigenvalue weighted by Crippen LogP contribution is -2.48. The van der Waals surface area contributed by atoms with Crippen LogP contribution in [-0.2, 0) is 21.2 Å². The van der Waals surface area contributed by atoms with Crippen LogP contribution in [0, 0.1) is 11.3 Å². The number of nitrogens with zero attached hydrogens (tertiary/aromatic N) is 2. The summed E-state index contributed by atoms with van der Waals surface area (Å²) < 4.78 is 33.7. The van der Waals surface area contributed by atoms with Crippen LogP contribution in [0.2, 0.25) is 5.02 Å². The van der Waals surface area contributed by atoms with E-state index in [1.807, 2.05) is 0 Å². The van der Waals surface area contributed by atoms with E-state index in [4.69, 9.17) is 21.6 Å². The number of anilines is 2. The second kappa shape index (κ2) is 8.91. The zero-order chi connectivity index (χ0) is 22.7. The molecule has 3 aromatic carbocycles. The van der Waals surface area contributed by atoms with Gasteiger partial charge in [-0.15, -0.1) is 0 Å². The number of carbonyl (C=O) groups excluding carboxylic acids is 1. The third-order valence-electron chi connectivity index (χ3n) is 4.93. The first kappa shape index (κ1) is 21.7. The molecule has 9 heteroatoms. The van der Waals surface area contributed by atoms with Gasteiger partial charge in [0.2, 0.25) is 0 Å². The zero-order valence-corrected chi connectivity index (χ0v) is 18.3. The number of nitriles is 1. The first-order chi connectivity index (χ1) is 15.4. The Hall–Kier alpha value is -3.54. The molecule has 1 aliphatic heterocycles. The maximum absolute atomic E-state index is 13.4. The van der Waals surface area contributed by atoms with E-state index >= 15 is 0 Å². The van der Waals surface area contributed by atoms with Crippen LogP contribution in [0.15, 0.2) is 77.7 Å². The van der Waals surface area contributed by atoms with Crippen molar-refractivity contribution in [3.63, 3.8) is 0 Å². The van der Waals surface area contributed by atoms with Crippen LogP contribution in [0.3, 0.4) is 0 Å². The average molecular weight is 468 g/mol. The van der Waals surface area contributed by atoms with Crippen molar-refractivity contribution in [2.45, 2.75) is 17.4 Å². The SMILES string of the molecule is N#CCc1ccc(NC(=O)[C@H]2CN(S(=O)(=O)c3ccc(Cl)cc3)c3ccccc3O2)cc1. The maximum atomic E-state index is 13.4. The fraction of sp³-hybridized carbons (Fsp3) is 0.130. The highest BCUT2D eigenvalue weighted by Gasteiger charge is 2.37. The van der Waals surface area contributed by atoms with Gasteiger partial charge in [0.25, 0.3) is 15.9 Å². The Labute approximate surface area is 190 Å². The first-order valence-corrected chi connectivity index (χ1v) is 11.5. The summed E-state index contributed by atoms with van der Waals surface area (Å²) in [5, 5.41) is 11.9. The molecule has 0 saturated heterocycles. The maximum Gasteiger partial charge on any atom is 0.267 e. The highest BCUT2D eigenvalue weighted by Crippen LogP contribution is 2.37. The van der Waals surface area contributed by atoms with Crippen molar-refractivity contribution in [1.82, 2.24) is 0 Å². The number of carbonyl (C=O) groups is 1. The predicted molar refractivity (Wildman–Crippen MR) is 121 cm³/mol. The molecule has 0 fully saturated rings. The largest absolute Gasteiger partial charge is 0.476 e. The number of ether oxygens (including phenoxy) is 1. The van der Waals surface area contributed by atoms with Gasteiger partial charge >= 0.3 is 0 Å². The molecule has 1 N–H and O–H groups in total. The van der Waals surface area contributed by atoms with E-state index in [2.05, 4.69) is 11.4 Å². The molecule has 0 aromatic heterocycles. The van der Waals surface area contributed by atoms with Gasteiger partial charge < -0.3 is 10.1 Å². The number of sulfonamides is 1. The monoisotopic (exact) mass is 467 g/mol. The molecular weight excluding hydrogens is 450 g/mol. The molecule has 0 unspecified atom stereocenters. The Balaban J connectivity index is 1.61. The van der Waals surface area contributed by atoms with E-state index in [1.54, 1.807) is 48.5 Å². The van der Waals surface area contributed by atoms with E-state index in [-0.39, 0.29) is 17.9 Å². The molecule has 4 rings (SSSR count). The van der Waals surface area contributed by atoms with Crippen LogP contribution in [-0.4, -0.2) is 27.0 Å². The second-order valence-corrected chi connectivity index (χ2v) is 9.38. The minimum Gasteiger partial charge on any atom is -0.476 e. The molecule has 1 heterocycles. The number of amides is 1. The van der Waals surface area contributed by atoms with Gasteiger partial charge in [-0.3, -0.25) is 9.10 Å². The minimum absolute atomic E-state index is 0.0610. The predicted octanol–water partition coefficient (Wildman–Crippen LogP) is 4.00. The number of nitrogens with one attached hydrogen (secondary N) is 1. The summed E-state index contributed by atoms with van der Waals surface area (Å²) in [5.74, 6) is -0.190. The standard InChI is InChI=1S/C23H18ClN3O4S/c24-17-7-11-19(12-8-17)32(29,30)27-15-22(31-21-4-2-1-3-20(21)27)23(28)26-18-9-5-16(6-10-18)13-14-25/h1-12,22H,13,15H2,(H,26,28)/t22-/m1/s1. The summed E-state index contributed by atoms with van der Waals surface area (Å²) in [6.07, 6.45) is -0.792. The molecule has 0 radical (unpaired) electrons. The van der Waals surface area contributed by atoms with E-state index in [1.165, 1.54) is 28.6 Å². The zero-order valence-electron chi connectivity index (χ0n) is 16.7. The molecule has 7 nitrogen and oxygen atoms in total. The quantitative estimate of drug-likeness (QED) is 0.611. The smallest absolute Gasteiger partial charge is 0.267 e. The van der Waals surface area contributed by atoms with Crippen LogP contribution >= 0.6 is 11.6 Å². The fourth-order valence-electron chi connectivity index (χ4n) is 3.32. The Morgan fingerprint density at radius 2 is 1.78 bits per heavy atom. The molecule has 1 atom stereocenters. The Morgan fingerprint density at radius 3 is 2.47 bits per heavy atom. The molecule has 1 aliphatic rings. The number of rotatable bonds is 5. The van der Waals surface area contributed by atoms with E-state index in [0.717, 1.165) is 5.56 Å². The van der Waals surface area contributed by atoms with Crippen LogP contribution in [0.25, 0.3) is 0 Å². The van der Waals surface area contributed by atoms with Gasteiger partial charge in [0.15, 0.2) is 6.10 Å². The van der Waals surface area contributed by atoms with Gasteiger partial charge in [0.05, 0.1) is 29.6 Å². The van der Waals surface area contributed by atoms with Gasteiger partial charge in [-0.1, -0.05) is 35.9 Å². The lowest BCUT2D eigenvalue weighted by Gasteiger charge is -2.34. The van der Waals surface area contributed by atoms with Crippen LogP contribution < -0.4 is 14.4 Å². The topological polar surface area (TPSA) is 99.5 Å². The molecule has 0 bridgehead atoms. The summed E-state index contributed by atoms with van der Waals surface area (Å²) in [5.41, 5.74) is 1.70. The fourth-order valence-corrected chi connectivity index (χ4v) is 4.92. The van der Waals surface area contributed by atoms with Crippen molar-refractivity contribution in [2.75, 3.05) is 16.2 Å². The lowest BCUT2D eigenvalue weighted by atomic mass is 10.1. The summed E-state index contributed by atoms with van der Waals surface area (Å²) in [4.78, 5) is 13.0. The lowest BCUT2D eigenvalue weighted by molar-refractivity contribution is -0.122. The van der Waals surface area contributed by atoms with Gasteiger partial charge in [0, 0.05) is 10.7 Å². The van der Waals surface area contributed by atoms with Crippen molar-refractivity contribution in [3.8, 4) is 11.8 Å². The third kappa shape index (κ3) is 4.40. The van der Waals surface area contributed by atoms with Crippen LogP contribution in [0.1, 0.15) is 5.56 Å². The molecule has 32 heavy (non-hydrogen) atoms. The van der Waals surface area contributed by atoms with Gasteiger partial charge in [0.1, 0.15) is 5.75 Å². The number of fused-ring (bicyclic) bond motifs is 1. The number of halogens is 1. The second-order valence-electron chi connectivity index (χ2n) is 7.09. The molecule has 0 saturated carbocycles. The first-order valence-electron chi connectivity index (χ1n) is 9.69. The average Bonchev–Trinajstić information content (AvgIpc) is 2.80. The molecule has 0 spiro atoms. The van der Waals surface area contributed by atoms with E-state index in [9.17, 15) is 13.2 Å². The summed E-state index contributed by atoms with van der Waals surface area (Å²) in [6, 6.07) is 21.4. The Bertz CT molecular complexity index is 1290. The molecule has 0 aliphatic carbocycles. The Kier molecular flexibility index (Phi) is 6.04. The summed E-state index contributed by atoms with van der Waals surface area (Å²) >= 11 is 5.90. The Morgan fingerprint density at radius 1 is 1.09 bits per heavy atom. The van der Waals surface area contributed by atoms with E-state index < -0.39 is 22.0 Å². The minimum atomic E-state index is -3.96. The summed E-state index contributed by atoms with van der Waals surface area (Å²) in [6.45, 7) is -0.194. The van der Waals surface area contributed by atoms with Gasteiger partial charge in [-0.05, 0) is 54.1 Å². The molecule has 3 aromatic rings. The van der Waals surface area contributed by atoms with Crippen molar-refractivity contribution >= 4 is 38.9 Å². The van der Waals surface area contributed by atoms with Crippen LogP contribution in [0.4, 0.5) is 11.4 Å². The van der Waals surface area contributed by atoms with Crippen molar-refractivity contribution in [3.05, 3.63) is 83.4 Å². The normalized spacial score (nSPS) is 15.2. The van der Waals surface area contributed by atoms with Crippen LogP contribution in [0.5, 0.6) is 5.75 Å². The number of hydrogen-bond donors (Lipinski definition) is 1. The molecule has 162 valence electrons. The molecule has 1 amide bonds. The highest BCUT2D eigenvalue weighted by atomic mass is 35.5. The van der Waals surface area contributed by atoms with Crippen molar-refractivity contribution in [2.24, 2.45) is 0 Å². The third-order valence-corrected chi connectivity index (χ3v) is 6.98. The van der Waals surface area contributed by atoms with E-state index in [0.29, 0.717) is 22.1 Å². The number of hydrogen-bond acceptors (Lipinski definition) is 5. The van der Waals surface area contributed by atoms with Crippen molar-refractivity contribution < 1.29 is 17.9 Å². The van der Waals surface area contributed by atoms with Crippen molar-refractivity contribution in [1.29, 1.82) is 5.26 Å². The molecular formula is C23H18ClN3O4S. The highest BCUT2D eigenvalue weighted by molar-refractivity contribution is 7.92. The number of para-hydroxylation sites is 2. The summed E-state index contributed by atoms with van der Waals surface area (Å²) in [7, 11) is -3.96.